The summed E-state index contributed by atoms with van der Waals surface area (Å²) in [5.74, 6) is 0. The Morgan fingerprint density at radius 3 is 2.36 bits per heavy atom. The molecule has 1 aliphatic heterocycles. The molecule has 0 amide bonds. The fraction of sp³-hybridized carbons (Fsp3) is 1.00. The van der Waals surface area contributed by atoms with Crippen molar-refractivity contribution >= 4 is 0 Å². The number of hydrogen-bond acceptors (Lipinski definition) is 5. The van der Waals surface area contributed by atoms with Crippen LogP contribution in [0.4, 0.5) is 0 Å². The van der Waals surface area contributed by atoms with Crippen LogP contribution in [0, 0.1) is 0 Å². The molecule has 0 aromatic rings. The fourth-order valence-electron chi connectivity index (χ4n) is 1.49. The topological polar surface area (TPSA) is 57.2 Å². The predicted molar refractivity (Wildman–Crippen MR) is 56.1 cm³/mol. The van der Waals surface area contributed by atoms with Gasteiger partial charge in [0.1, 0.15) is 0 Å². The van der Waals surface area contributed by atoms with Crippen LogP contribution in [0.15, 0.2) is 10.4 Å². The molecule has 1 unspecified atom stereocenters. The Morgan fingerprint density at radius 1 is 1.07 bits per heavy atom. The third-order valence-electron chi connectivity index (χ3n) is 2.45. The molecule has 0 saturated heterocycles. The van der Waals surface area contributed by atoms with E-state index in [1.54, 1.807) is 5.01 Å². The van der Waals surface area contributed by atoms with Gasteiger partial charge in [0.2, 0.25) is 0 Å². The number of nitrogens with zero attached hydrogens (tertiary/aromatic N) is 4. The summed E-state index contributed by atoms with van der Waals surface area (Å²) in [7, 11) is 0. The zero-order chi connectivity index (χ0) is 10.4. The van der Waals surface area contributed by atoms with Crippen LogP contribution in [0.5, 0.6) is 0 Å². The van der Waals surface area contributed by atoms with Crippen LogP contribution >= 0.6 is 0 Å². The first-order chi connectivity index (χ1) is 6.79. The van der Waals surface area contributed by atoms with E-state index in [4.69, 9.17) is 5.73 Å². The molecule has 5 nitrogen and oxygen atoms in total. The standard InChI is InChI=1S/C9H21N5/c1-3-5-6-7-8-14-9(10)13(4-2)11-12-14/h9H,3-8,10H2,1-2H3. The van der Waals surface area contributed by atoms with E-state index in [1.165, 1.54) is 19.3 Å². The van der Waals surface area contributed by atoms with Gasteiger partial charge in [-0.15, -0.1) is 0 Å². The van der Waals surface area contributed by atoms with Gasteiger partial charge >= 0.3 is 0 Å². The van der Waals surface area contributed by atoms with Crippen molar-refractivity contribution in [1.29, 1.82) is 0 Å². The zero-order valence-corrected chi connectivity index (χ0v) is 9.19. The monoisotopic (exact) mass is 199 g/mol. The van der Waals surface area contributed by atoms with E-state index in [9.17, 15) is 0 Å². The molecular weight excluding hydrogens is 178 g/mol. The van der Waals surface area contributed by atoms with E-state index in [1.807, 2.05) is 11.9 Å². The van der Waals surface area contributed by atoms with E-state index in [2.05, 4.69) is 17.4 Å². The maximum absolute atomic E-state index is 5.91. The van der Waals surface area contributed by atoms with Crippen LogP contribution in [0.25, 0.3) is 0 Å². The molecule has 0 radical (unpaired) electrons. The van der Waals surface area contributed by atoms with Crippen LogP contribution in [-0.4, -0.2) is 29.4 Å². The second-order valence-electron chi connectivity index (χ2n) is 3.57. The normalized spacial score (nSPS) is 20.9. The summed E-state index contributed by atoms with van der Waals surface area (Å²) in [6.45, 7) is 5.97. The summed E-state index contributed by atoms with van der Waals surface area (Å²) < 4.78 is 0. The molecule has 0 fully saturated rings. The molecular formula is C9H21N5. The first-order valence-corrected chi connectivity index (χ1v) is 5.50. The Hall–Kier alpha value is -0.840. The predicted octanol–water partition coefficient (Wildman–Crippen LogP) is 1.73. The van der Waals surface area contributed by atoms with E-state index >= 15 is 0 Å². The Kier molecular flexibility index (Phi) is 4.65. The molecule has 1 atom stereocenters. The lowest BCUT2D eigenvalue weighted by atomic mass is 10.2. The lowest BCUT2D eigenvalue weighted by molar-refractivity contribution is 0.115. The minimum Gasteiger partial charge on any atom is -0.291 e. The van der Waals surface area contributed by atoms with E-state index < -0.39 is 0 Å². The molecule has 0 saturated carbocycles. The summed E-state index contributed by atoms with van der Waals surface area (Å²) >= 11 is 0. The first kappa shape index (κ1) is 11.2. The Labute approximate surface area is 85.9 Å². The number of unbranched alkanes of at least 4 members (excludes halogenated alkanes) is 3. The molecule has 1 heterocycles. The maximum atomic E-state index is 5.91. The van der Waals surface area contributed by atoms with Gasteiger partial charge in [-0.2, -0.15) is 0 Å². The van der Waals surface area contributed by atoms with Crippen molar-refractivity contribution in [2.75, 3.05) is 13.1 Å². The molecule has 0 aromatic heterocycles. The Bertz CT molecular complexity index is 182. The molecule has 0 aromatic carbocycles. The Balaban J connectivity index is 2.17. The summed E-state index contributed by atoms with van der Waals surface area (Å²) in [6, 6.07) is 0. The smallest absolute Gasteiger partial charge is 0.189 e. The van der Waals surface area contributed by atoms with Crippen molar-refractivity contribution in [3.8, 4) is 0 Å². The van der Waals surface area contributed by atoms with E-state index in [0.29, 0.717) is 0 Å². The average molecular weight is 199 g/mol. The van der Waals surface area contributed by atoms with Crippen molar-refractivity contribution in [2.24, 2.45) is 16.2 Å². The SMILES string of the molecule is CCCCCCN1N=NN(CC)C1N. The van der Waals surface area contributed by atoms with Crippen LogP contribution in [0.1, 0.15) is 39.5 Å². The quantitative estimate of drug-likeness (QED) is 0.663. The highest BCUT2D eigenvalue weighted by atomic mass is 15.8. The summed E-state index contributed by atoms with van der Waals surface area (Å²) in [4.78, 5) is 0. The second-order valence-corrected chi connectivity index (χ2v) is 3.57. The highest BCUT2D eigenvalue weighted by Crippen LogP contribution is 2.13. The minimum atomic E-state index is -0.151. The third kappa shape index (κ3) is 2.83. The van der Waals surface area contributed by atoms with E-state index in [0.717, 1.165) is 19.5 Å². The third-order valence-corrected chi connectivity index (χ3v) is 2.45. The van der Waals surface area contributed by atoms with Gasteiger partial charge in [-0.05, 0) is 13.3 Å². The molecule has 0 aliphatic carbocycles. The number of rotatable bonds is 6. The van der Waals surface area contributed by atoms with Crippen molar-refractivity contribution in [3.05, 3.63) is 0 Å². The Morgan fingerprint density at radius 2 is 1.79 bits per heavy atom. The van der Waals surface area contributed by atoms with Crippen LogP contribution in [-0.2, 0) is 0 Å². The van der Waals surface area contributed by atoms with Crippen LogP contribution < -0.4 is 5.73 Å². The molecule has 14 heavy (non-hydrogen) atoms. The van der Waals surface area contributed by atoms with Crippen LogP contribution in [0.3, 0.4) is 0 Å². The van der Waals surface area contributed by atoms with Crippen molar-refractivity contribution in [3.63, 3.8) is 0 Å². The van der Waals surface area contributed by atoms with Gasteiger partial charge < -0.3 is 0 Å². The van der Waals surface area contributed by atoms with Crippen molar-refractivity contribution in [1.82, 2.24) is 10.0 Å². The average Bonchev–Trinajstić information content (AvgIpc) is 2.55. The van der Waals surface area contributed by atoms with Crippen molar-refractivity contribution < 1.29 is 0 Å². The van der Waals surface area contributed by atoms with Gasteiger partial charge in [0.25, 0.3) is 0 Å². The summed E-state index contributed by atoms with van der Waals surface area (Å²) in [5.41, 5.74) is 5.91. The second kappa shape index (κ2) is 5.80. The molecule has 82 valence electrons. The first-order valence-electron chi connectivity index (χ1n) is 5.50. The summed E-state index contributed by atoms with van der Waals surface area (Å²) in [6.07, 6.45) is 4.80. The zero-order valence-electron chi connectivity index (χ0n) is 9.19. The maximum Gasteiger partial charge on any atom is 0.189 e. The number of hydrogen-bond donors (Lipinski definition) is 1. The minimum absolute atomic E-state index is 0.151. The lowest BCUT2D eigenvalue weighted by Gasteiger charge is -2.23. The highest BCUT2D eigenvalue weighted by Gasteiger charge is 2.23. The molecule has 2 N–H and O–H groups in total. The lowest BCUT2D eigenvalue weighted by Crippen LogP contribution is -2.45. The van der Waals surface area contributed by atoms with Gasteiger partial charge in [0.05, 0.1) is 0 Å². The molecule has 5 heteroatoms. The van der Waals surface area contributed by atoms with Gasteiger partial charge in [0, 0.05) is 13.1 Å². The van der Waals surface area contributed by atoms with Gasteiger partial charge in [-0.25, -0.2) is 10.0 Å². The number of nitrogens with two attached hydrogens (primary N) is 1. The highest BCUT2D eigenvalue weighted by molar-refractivity contribution is 4.64. The molecule has 1 rings (SSSR count). The molecule has 0 bridgehead atoms. The van der Waals surface area contributed by atoms with Crippen LogP contribution in [0.2, 0.25) is 0 Å². The van der Waals surface area contributed by atoms with Gasteiger partial charge in [-0.3, -0.25) is 5.73 Å². The fourth-order valence-corrected chi connectivity index (χ4v) is 1.49. The molecule has 0 spiro atoms. The molecule has 1 aliphatic rings. The largest absolute Gasteiger partial charge is 0.291 e. The van der Waals surface area contributed by atoms with Gasteiger partial charge in [0.15, 0.2) is 6.29 Å². The van der Waals surface area contributed by atoms with E-state index in [-0.39, 0.29) is 6.29 Å². The van der Waals surface area contributed by atoms with Gasteiger partial charge in [-0.1, -0.05) is 36.6 Å². The van der Waals surface area contributed by atoms with Crippen molar-refractivity contribution in [2.45, 2.75) is 45.8 Å². The summed E-state index contributed by atoms with van der Waals surface area (Å²) in [5, 5.41) is 11.7.